The molecule has 2 saturated heterocycles. The Morgan fingerprint density at radius 1 is 0.776 bits per heavy atom. The van der Waals surface area contributed by atoms with Crippen molar-refractivity contribution in [3.8, 4) is 28.1 Å². The number of benzene rings is 3. The van der Waals surface area contributed by atoms with Crippen LogP contribution in [-0.4, -0.2) is 93.1 Å². The van der Waals surface area contributed by atoms with Crippen molar-refractivity contribution in [2.45, 2.75) is 84.2 Å². The van der Waals surface area contributed by atoms with E-state index in [2.05, 4.69) is 57.0 Å². The summed E-state index contributed by atoms with van der Waals surface area (Å²) in [5, 5.41) is 7.32. The van der Waals surface area contributed by atoms with Crippen LogP contribution in [0.5, 0.6) is 5.75 Å². The van der Waals surface area contributed by atoms with Crippen LogP contribution in [-0.2, 0) is 25.7 Å². The zero-order valence-electron chi connectivity index (χ0n) is 33.7. The van der Waals surface area contributed by atoms with Gasteiger partial charge in [0.25, 0.3) is 0 Å². The van der Waals surface area contributed by atoms with Crippen LogP contribution in [0, 0.1) is 11.8 Å². The number of rotatable bonds is 9. The Morgan fingerprint density at radius 3 is 2.00 bits per heavy atom. The van der Waals surface area contributed by atoms with E-state index in [1.807, 2.05) is 49.8 Å². The Bertz CT molecular complexity index is 2400. The maximum absolute atomic E-state index is 13.7. The minimum absolute atomic E-state index is 0.116. The lowest BCUT2D eigenvalue weighted by molar-refractivity contribution is -0.136. The van der Waals surface area contributed by atoms with Crippen molar-refractivity contribution in [1.29, 1.82) is 0 Å². The van der Waals surface area contributed by atoms with E-state index in [4.69, 9.17) is 24.2 Å². The molecule has 4 N–H and O–H groups in total. The molecule has 3 aliphatic heterocycles. The number of nitrogens with one attached hydrogen (secondary N) is 4. The number of carbonyl (C=O) groups excluding carboxylic acids is 4. The van der Waals surface area contributed by atoms with Gasteiger partial charge in [-0.2, -0.15) is 0 Å². The molecule has 4 atom stereocenters. The van der Waals surface area contributed by atoms with Gasteiger partial charge in [-0.15, -0.1) is 0 Å². The highest BCUT2D eigenvalue weighted by atomic mass is 16.5. The number of H-pyrrole nitrogens is 2. The lowest BCUT2D eigenvalue weighted by Gasteiger charge is -2.30. The summed E-state index contributed by atoms with van der Waals surface area (Å²) in [5.41, 5.74) is 6.60. The van der Waals surface area contributed by atoms with Crippen LogP contribution in [0.3, 0.4) is 0 Å². The van der Waals surface area contributed by atoms with Gasteiger partial charge in [-0.05, 0) is 78.5 Å². The highest BCUT2D eigenvalue weighted by Crippen LogP contribution is 2.45. The van der Waals surface area contributed by atoms with Gasteiger partial charge in [0, 0.05) is 29.4 Å². The van der Waals surface area contributed by atoms with Crippen molar-refractivity contribution in [3.63, 3.8) is 0 Å². The highest BCUT2D eigenvalue weighted by molar-refractivity contribution is 6.09. The molecule has 0 unspecified atom stereocenters. The molecule has 0 spiro atoms. The van der Waals surface area contributed by atoms with Gasteiger partial charge < -0.3 is 44.6 Å². The molecule has 5 aromatic rings. The van der Waals surface area contributed by atoms with E-state index in [9.17, 15) is 19.2 Å². The van der Waals surface area contributed by atoms with Gasteiger partial charge >= 0.3 is 12.2 Å². The molecule has 2 aromatic heterocycles. The van der Waals surface area contributed by atoms with Gasteiger partial charge in [-0.25, -0.2) is 19.6 Å². The number of fused-ring (bicyclic) bond motifs is 7. The predicted molar refractivity (Wildman–Crippen MR) is 217 cm³/mol. The maximum Gasteiger partial charge on any atom is 0.407 e. The van der Waals surface area contributed by atoms with Gasteiger partial charge in [0.1, 0.15) is 36.1 Å². The SMILES string of the molecule is COC(=O)N[C@H](C(=O)N1CCC[C@H]1c1ncc(-c2ccc3c(c2)COc2c-3ccc3c2ccc2[nH]c([C@@H]4CCCN4C(=O)[C@@H](NC(=O)OC)C(C)C)nc23)[nH]1)C(C)C. The first-order valence-corrected chi connectivity index (χ1v) is 20.0. The van der Waals surface area contributed by atoms with Crippen molar-refractivity contribution >= 4 is 45.8 Å². The topological polar surface area (TPSA) is 184 Å². The second-order valence-corrected chi connectivity index (χ2v) is 16.1. The van der Waals surface area contributed by atoms with Gasteiger partial charge in [0.2, 0.25) is 11.8 Å². The third kappa shape index (κ3) is 6.96. The van der Waals surface area contributed by atoms with Gasteiger partial charge in [0.05, 0.1) is 49.2 Å². The fourth-order valence-corrected chi connectivity index (χ4v) is 8.73. The van der Waals surface area contributed by atoms with E-state index in [0.717, 1.165) is 87.0 Å². The Hall–Kier alpha value is -6.12. The Balaban J connectivity index is 1.03. The summed E-state index contributed by atoms with van der Waals surface area (Å²) in [6.07, 6.45) is 3.74. The summed E-state index contributed by atoms with van der Waals surface area (Å²) in [6.45, 7) is 9.15. The fourth-order valence-electron chi connectivity index (χ4n) is 8.73. The minimum Gasteiger partial charge on any atom is -0.488 e. The Morgan fingerprint density at radius 2 is 1.38 bits per heavy atom. The van der Waals surface area contributed by atoms with Crippen LogP contribution >= 0.6 is 0 Å². The molecule has 0 radical (unpaired) electrons. The number of ether oxygens (including phenoxy) is 3. The molecule has 4 amide bonds. The normalized spacial score (nSPS) is 18.6. The summed E-state index contributed by atoms with van der Waals surface area (Å²) in [7, 11) is 2.58. The molecule has 15 nitrogen and oxygen atoms in total. The second-order valence-electron chi connectivity index (χ2n) is 16.1. The molecule has 8 rings (SSSR count). The van der Waals surface area contributed by atoms with E-state index < -0.39 is 24.3 Å². The molecule has 5 heterocycles. The first-order valence-electron chi connectivity index (χ1n) is 20.0. The number of methoxy groups -OCH3 is 2. The molecular formula is C43H50N8O7. The van der Waals surface area contributed by atoms with E-state index in [0.29, 0.717) is 25.5 Å². The van der Waals surface area contributed by atoms with Crippen molar-refractivity contribution < 1.29 is 33.4 Å². The summed E-state index contributed by atoms with van der Waals surface area (Å²) < 4.78 is 16.1. The van der Waals surface area contributed by atoms with Crippen molar-refractivity contribution in [2.75, 3.05) is 27.3 Å². The number of carbonyl (C=O) groups is 4. The smallest absolute Gasteiger partial charge is 0.407 e. The molecule has 2 fully saturated rings. The molecule has 0 saturated carbocycles. The molecular weight excluding hydrogens is 741 g/mol. The standard InChI is InChI=1S/C43H50N8O7/c1-22(2)34(48-42(54)56-5)40(52)50-17-7-9-32(50)38-44-20-31(46-38)24-11-12-26-25(19-24)21-58-37-28(26)14-13-27-29(37)15-16-30-36(27)47-39(45-30)33-10-8-18-51(33)41(53)35(23(3)4)49-43(55)57-6/h11-16,19-20,22-23,32-35H,7-10,17-18,21H2,1-6H3,(H,44,46)(H,45,47)(H,48,54)(H,49,55)/t32-,33-,34-,35-/m0/s1. The van der Waals surface area contributed by atoms with Crippen molar-refractivity contribution in [1.82, 2.24) is 40.4 Å². The zero-order valence-corrected chi connectivity index (χ0v) is 33.7. The summed E-state index contributed by atoms with van der Waals surface area (Å²) in [5.74, 6) is 1.69. The van der Waals surface area contributed by atoms with E-state index in [-0.39, 0.29) is 35.7 Å². The monoisotopic (exact) mass is 790 g/mol. The van der Waals surface area contributed by atoms with Crippen LogP contribution in [0.15, 0.2) is 48.7 Å². The van der Waals surface area contributed by atoms with E-state index in [1.54, 1.807) is 0 Å². The third-order valence-corrected chi connectivity index (χ3v) is 11.8. The number of aromatic amines is 2. The zero-order chi connectivity index (χ0) is 40.8. The third-order valence-electron chi connectivity index (χ3n) is 11.8. The number of likely N-dealkylation sites (tertiary alicyclic amines) is 2. The van der Waals surface area contributed by atoms with Gasteiger partial charge in [-0.3, -0.25) is 9.59 Å². The van der Waals surface area contributed by atoms with E-state index in [1.165, 1.54) is 14.2 Å². The number of hydrogen-bond acceptors (Lipinski definition) is 9. The van der Waals surface area contributed by atoms with Crippen LogP contribution in [0.25, 0.3) is 44.2 Å². The van der Waals surface area contributed by atoms with Crippen LogP contribution in [0.2, 0.25) is 0 Å². The summed E-state index contributed by atoms with van der Waals surface area (Å²) >= 11 is 0. The number of aromatic nitrogens is 4. The van der Waals surface area contributed by atoms with Crippen LogP contribution in [0.1, 0.15) is 82.7 Å². The first-order chi connectivity index (χ1) is 28.0. The lowest BCUT2D eigenvalue weighted by Crippen LogP contribution is -2.51. The number of hydrogen-bond donors (Lipinski definition) is 4. The Kier molecular flexibility index (Phi) is 10.5. The predicted octanol–water partition coefficient (Wildman–Crippen LogP) is 6.75. The first kappa shape index (κ1) is 38.7. The molecule has 3 aliphatic rings. The molecule has 3 aromatic carbocycles. The quantitative estimate of drug-likeness (QED) is 0.125. The minimum atomic E-state index is -0.708. The average molecular weight is 791 g/mol. The van der Waals surface area contributed by atoms with Crippen molar-refractivity contribution in [2.24, 2.45) is 11.8 Å². The molecule has 0 bridgehead atoms. The number of imidazole rings is 2. The van der Waals surface area contributed by atoms with Gasteiger partial charge in [0.15, 0.2) is 0 Å². The van der Waals surface area contributed by atoms with Crippen LogP contribution in [0.4, 0.5) is 9.59 Å². The summed E-state index contributed by atoms with van der Waals surface area (Å²) in [4.78, 5) is 71.8. The van der Waals surface area contributed by atoms with Crippen LogP contribution < -0.4 is 15.4 Å². The lowest BCUT2D eigenvalue weighted by atomic mass is 9.92. The maximum atomic E-state index is 13.7. The molecule has 0 aliphatic carbocycles. The number of nitrogens with zero attached hydrogens (tertiary/aromatic N) is 4. The van der Waals surface area contributed by atoms with E-state index >= 15 is 0 Å². The largest absolute Gasteiger partial charge is 0.488 e. The van der Waals surface area contributed by atoms with Gasteiger partial charge in [-0.1, -0.05) is 45.9 Å². The number of amides is 4. The van der Waals surface area contributed by atoms with Crippen molar-refractivity contribution in [3.05, 3.63) is 65.9 Å². The average Bonchev–Trinajstić information content (AvgIpc) is 4.06. The fraction of sp³-hybridized carbons (Fsp3) is 0.442. The second kappa shape index (κ2) is 15.7. The number of alkyl carbamates (subject to hydrolysis) is 2. The highest BCUT2D eigenvalue weighted by Gasteiger charge is 2.39. The molecule has 15 heteroatoms. The molecule has 304 valence electrons. The molecule has 58 heavy (non-hydrogen) atoms. The Labute approximate surface area is 336 Å². The summed E-state index contributed by atoms with van der Waals surface area (Å²) in [6, 6.07) is 12.7.